The smallest absolute Gasteiger partial charge is 0.312 e. The van der Waals surface area contributed by atoms with Crippen molar-refractivity contribution in [3.05, 3.63) is 11.5 Å². The average molecular weight is 304 g/mol. The Hall–Kier alpha value is -0.756. The summed E-state index contributed by atoms with van der Waals surface area (Å²) in [4.78, 5) is 11.7. The van der Waals surface area contributed by atoms with Crippen molar-refractivity contribution in [2.24, 2.45) is 0 Å². The zero-order valence-corrected chi connectivity index (χ0v) is 15.6. The second-order valence-electron chi connectivity index (χ2n) is 6.62. The van der Waals surface area contributed by atoms with Crippen molar-refractivity contribution in [3.63, 3.8) is 0 Å². The van der Waals surface area contributed by atoms with Gasteiger partial charge in [-0.05, 0) is 58.2 Å². The van der Waals surface area contributed by atoms with E-state index in [0.717, 1.165) is 17.9 Å². The molecule has 0 heterocycles. The molecule has 6 heteroatoms. The maximum Gasteiger partial charge on any atom is 0.312 e. The number of hydrogen-bond acceptors (Lipinski definition) is 4. The summed E-state index contributed by atoms with van der Waals surface area (Å²) >= 11 is 0. The van der Waals surface area contributed by atoms with Crippen LogP contribution in [0.25, 0.3) is 0 Å². The first-order valence-electron chi connectivity index (χ1n) is 6.79. The van der Waals surface area contributed by atoms with Crippen molar-refractivity contribution in [2.75, 3.05) is 6.54 Å². The third-order valence-electron chi connectivity index (χ3n) is 2.14. The highest BCUT2D eigenvalue weighted by Crippen LogP contribution is 2.14. The third kappa shape index (κ3) is 9.78. The lowest BCUT2D eigenvalue weighted by atomic mass is 10.2. The van der Waals surface area contributed by atoms with Gasteiger partial charge in [-0.25, -0.2) is 0 Å². The van der Waals surface area contributed by atoms with Crippen LogP contribution in [0.3, 0.4) is 0 Å². The van der Waals surface area contributed by atoms with E-state index in [-0.39, 0.29) is 12.5 Å². The van der Waals surface area contributed by atoms with Gasteiger partial charge in [0.25, 0.3) is 0 Å². The third-order valence-corrected chi connectivity index (χ3v) is 3.80. The standard InChI is InChI=1S/C13H29NO3Si2/c1-9-11(2)13(17-19(6,7)8)14-10-12(15)16-18(3,4)5/h14H,9-10H2,1-8H3/b13-11-. The van der Waals surface area contributed by atoms with Crippen molar-refractivity contribution in [1.82, 2.24) is 5.32 Å². The fourth-order valence-electron chi connectivity index (χ4n) is 1.27. The second kappa shape index (κ2) is 7.14. The first-order chi connectivity index (χ1) is 8.44. The van der Waals surface area contributed by atoms with Gasteiger partial charge in [-0.3, -0.25) is 4.79 Å². The molecule has 1 N–H and O–H groups in total. The molecule has 0 aliphatic rings. The van der Waals surface area contributed by atoms with E-state index in [4.69, 9.17) is 8.85 Å². The van der Waals surface area contributed by atoms with Crippen LogP contribution in [0, 0.1) is 0 Å². The molecule has 19 heavy (non-hydrogen) atoms. The summed E-state index contributed by atoms with van der Waals surface area (Å²) < 4.78 is 11.4. The molecule has 0 rings (SSSR count). The van der Waals surface area contributed by atoms with E-state index in [0.29, 0.717) is 0 Å². The topological polar surface area (TPSA) is 47.6 Å². The number of carbonyl (C=O) groups is 1. The minimum atomic E-state index is -1.81. The highest BCUT2D eigenvalue weighted by molar-refractivity contribution is 6.71. The molecule has 0 radical (unpaired) electrons. The maximum atomic E-state index is 11.7. The number of rotatable bonds is 7. The molecule has 0 fully saturated rings. The normalized spacial score (nSPS) is 13.7. The number of allylic oxidation sites excluding steroid dienone is 1. The van der Waals surface area contributed by atoms with Gasteiger partial charge in [0.05, 0.1) is 0 Å². The zero-order chi connectivity index (χ0) is 15.3. The lowest BCUT2D eigenvalue weighted by Crippen LogP contribution is -2.37. The highest BCUT2D eigenvalue weighted by Gasteiger charge is 2.22. The van der Waals surface area contributed by atoms with E-state index in [9.17, 15) is 4.79 Å². The summed E-state index contributed by atoms with van der Waals surface area (Å²) in [6, 6.07) is 0. The van der Waals surface area contributed by atoms with Gasteiger partial charge in [-0.1, -0.05) is 6.92 Å². The predicted molar refractivity (Wildman–Crippen MR) is 84.9 cm³/mol. The molecule has 0 aliphatic heterocycles. The fourth-order valence-corrected chi connectivity index (χ4v) is 2.88. The molecule has 0 unspecified atom stereocenters. The van der Waals surface area contributed by atoms with E-state index >= 15 is 0 Å². The zero-order valence-electron chi connectivity index (χ0n) is 13.6. The molecule has 0 aliphatic carbocycles. The minimum absolute atomic E-state index is 0.168. The molecule has 0 saturated carbocycles. The lowest BCUT2D eigenvalue weighted by Gasteiger charge is -2.25. The van der Waals surface area contributed by atoms with Gasteiger partial charge >= 0.3 is 5.97 Å². The van der Waals surface area contributed by atoms with Crippen molar-refractivity contribution < 1.29 is 13.6 Å². The largest absolute Gasteiger partial charge is 0.533 e. The molecule has 0 aromatic rings. The number of nitrogens with one attached hydrogen (secondary N) is 1. The van der Waals surface area contributed by atoms with Crippen LogP contribution < -0.4 is 5.32 Å². The van der Waals surface area contributed by atoms with Crippen LogP contribution in [0.15, 0.2) is 11.5 Å². The number of hydrogen-bond donors (Lipinski definition) is 1. The molecule has 0 bridgehead atoms. The summed E-state index contributed by atoms with van der Waals surface area (Å²) in [5, 5.41) is 3.09. The van der Waals surface area contributed by atoms with Crippen molar-refractivity contribution in [2.45, 2.75) is 59.6 Å². The molecule has 0 atom stereocenters. The van der Waals surface area contributed by atoms with Gasteiger partial charge in [-0.2, -0.15) is 0 Å². The summed E-state index contributed by atoms with van der Waals surface area (Å²) in [6.45, 7) is 16.6. The molecule has 4 nitrogen and oxygen atoms in total. The summed E-state index contributed by atoms with van der Waals surface area (Å²) in [6.07, 6.45) is 0.899. The van der Waals surface area contributed by atoms with E-state index in [1.807, 2.05) is 26.6 Å². The van der Waals surface area contributed by atoms with Gasteiger partial charge in [0.2, 0.25) is 16.6 Å². The van der Waals surface area contributed by atoms with Crippen LogP contribution in [0.4, 0.5) is 0 Å². The Kier molecular flexibility index (Phi) is 6.86. The van der Waals surface area contributed by atoms with Gasteiger partial charge < -0.3 is 14.2 Å². The SMILES string of the molecule is CC/C(C)=C(/NCC(=O)O[Si](C)(C)C)O[Si](C)(C)C. The van der Waals surface area contributed by atoms with Gasteiger partial charge in [0.15, 0.2) is 5.88 Å². The summed E-state index contributed by atoms with van der Waals surface area (Å²) in [7, 11) is -3.49. The molecule has 0 aromatic heterocycles. The first-order valence-corrected chi connectivity index (χ1v) is 13.6. The molecule has 0 amide bonds. The quantitative estimate of drug-likeness (QED) is 0.578. The molecule has 0 spiro atoms. The molecule has 112 valence electrons. The maximum absolute atomic E-state index is 11.7. The van der Waals surface area contributed by atoms with E-state index in [2.05, 4.69) is 31.9 Å². The Morgan fingerprint density at radius 1 is 1.00 bits per heavy atom. The molecular formula is C13H29NO3Si2. The van der Waals surface area contributed by atoms with Crippen LogP contribution >= 0.6 is 0 Å². The average Bonchev–Trinajstić information content (AvgIpc) is 2.19. The Bertz CT molecular complexity index is 341. The summed E-state index contributed by atoms with van der Waals surface area (Å²) in [5.74, 6) is 0.536. The predicted octanol–water partition coefficient (Wildman–Crippen LogP) is 3.45. The van der Waals surface area contributed by atoms with Crippen molar-refractivity contribution in [3.8, 4) is 0 Å². The Labute approximate surface area is 119 Å². The summed E-state index contributed by atoms with van der Waals surface area (Å²) in [5.41, 5.74) is 1.13. The minimum Gasteiger partial charge on any atom is -0.533 e. The van der Waals surface area contributed by atoms with E-state index in [1.54, 1.807) is 0 Å². The van der Waals surface area contributed by atoms with Gasteiger partial charge in [0, 0.05) is 0 Å². The molecule has 0 aromatic carbocycles. The highest BCUT2D eigenvalue weighted by atomic mass is 28.4. The Morgan fingerprint density at radius 3 is 1.84 bits per heavy atom. The molecular weight excluding hydrogens is 274 g/mol. The first kappa shape index (κ1) is 18.2. The lowest BCUT2D eigenvalue weighted by molar-refractivity contribution is -0.134. The fraction of sp³-hybridized carbons (Fsp3) is 0.769. The monoisotopic (exact) mass is 303 g/mol. The number of carbonyl (C=O) groups excluding carboxylic acids is 1. The van der Waals surface area contributed by atoms with Crippen LogP contribution in [0.5, 0.6) is 0 Å². The van der Waals surface area contributed by atoms with Crippen LogP contribution in [-0.2, 0) is 13.6 Å². The second-order valence-corrected chi connectivity index (χ2v) is 15.5. The van der Waals surface area contributed by atoms with E-state index < -0.39 is 16.6 Å². The van der Waals surface area contributed by atoms with Crippen molar-refractivity contribution >= 4 is 22.6 Å². The van der Waals surface area contributed by atoms with Crippen LogP contribution in [0.2, 0.25) is 39.3 Å². The van der Waals surface area contributed by atoms with E-state index in [1.165, 1.54) is 0 Å². The van der Waals surface area contributed by atoms with Crippen molar-refractivity contribution in [1.29, 1.82) is 0 Å². The van der Waals surface area contributed by atoms with Crippen LogP contribution in [0.1, 0.15) is 20.3 Å². The molecule has 0 saturated heterocycles. The Balaban J connectivity index is 4.58. The van der Waals surface area contributed by atoms with Crippen LogP contribution in [-0.4, -0.2) is 29.1 Å². The van der Waals surface area contributed by atoms with Gasteiger partial charge in [-0.15, -0.1) is 0 Å². The van der Waals surface area contributed by atoms with Gasteiger partial charge in [0.1, 0.15) is 6.54 Å². The Morgan fingerprint density at radius 2 is 1.47 bits per heavy atom.